The second-order valence-corrected chi connectivity index (χ2v) is 5.55. The van der Waals surface area contributed by atoms with Crippen molar-refractivity contribution >= 4 is 45.8 Å². The van der Waals surface area contributed by atoms with Crippen LogP contribution >= 0.6 is 34.2 Å². The van der Waals surface area contributed by atoms with Gasteiger partial charge in [0.25, 0.3) is 5.91 Å². The average molecular weight is 372 g/mol. The van der Waals surface area contributed by atoms with E-state index >= 15 is 0 Å². The van der Waals surface area contributed by atoms with Crippen LogP contribution in [0.3, 0.4) is 0 Å². The number of carbonyl (C=O) groups excluding carboxylic acids is 1. The van der Waals surface area contributed by atoms with E-state index in [1.54, 1.807) is 12.1 Å². The van der Waals surface area contributed by atoms with Gasteiger partial charge in [-0.3, -0.25) is 4.79 Å². The fourth-order valence-electron chi connectivity index (χ4n) is 1.61. The molecule has 0 aliphatic heterocycles. The molecule has 2 aromatic rings. The van der Waals surface area contributed by atoms with E-state index in [4.69, 9.17) is 11.6 Å². The molecule has 0 atom stereocenters. The molecule has 1 N–H and O–H groups in total. The Morgan fingerprint density at radius 1 is 1.22 bits per heavy atom. The highest BCUT2D eigenvalue weighted by Crippen LogP contribution is 2.25. The van der Waals surface area contributed by atoms with Crippen molar-refractivity contribution in [1.82, 2.24) is 0 Å². The minimum atomic E-state index is -0.148. The molecule has 0 bridgehead atoms. The lowest BCUT2D eigenvalue weighted by atomic mass is 10.1. The monoisotopic (exact) mass is 371 g/mol. The van der Waals surface area contributed by atoms with Crippen molar-refractivity contribution in [2.45, 2.75) is 6.92 Å². The average Bonchev–Trinajstić information content (AvgIpc) is 2.34. The van der Waals surface area contributed by atoms with Crippen LogP contribution in [0.2, 0.25) is 5.02 Å². The van der Waals surface area contributed by atoms with Crippen LogP contribution in [0.1, 0.15) is 15.9 Å². The van der Waals surface area contributed by atoms with Gasteiger partial charge in [0.05, 0.1) is 10.7 Å². The van der Waals surface area contributed by atoms with Gasteiger partial charge in [-0.05, 0) is 59.3 Å². The quantitative estimate of drug-likeness (QED) is 0.774. The second-order valence-electron chi connectivity index (χ2n) is 3.90. The second kappa shape index (κ2) is 5.71. The molecule has 0 radical (unpaired) electrons. The molecule has 0 saturated carbocycles. The zero-order valence-corrected chi connectivity index (χ0v) is 12.6. The summed E-state index contributed by atoms with van der Waals surface area (Å²) in [4.78, 5) is 12.1. The van der Waals surface area contributed by atoms with Crippen LogP contribution in [0.25, 0.3) is 0 Å². The van der Waals surface area contributed by atoms with Crippen molar-refractivity contribution in [2.75, 3.05) is 5.32 Å². The fourth-order valence-corrected chi connectivity index (χ4v) is 2.42. The number of hydrogen-bond acceptors (Lipinski definition) is 1. The maximum absolute atomic E-state index is 12.1. The summed E-state index contributed by atoms with van der Waals surface area (Å²) in [5.41, 5.74) is 2.24. The Labute approximate surface area is 124 Å². The summed E-state index contributed by atoms with van der Waals surface area (Å²) in [6.45, 7) is 1.91. The molecule has 18 heavy (non-hydrogen) atoms. The van der Waals surface area contributed by atoms with Crippen molar-refractivity contribution in [2.24, 2.45) is 0 Å². The van der Waals surface area contributed by atoms with Gasteiger partial charge in [-0.25, -0.2) is 0 Å². The number of aryl methyl sites for hydroxylation is 1. The largest absolute Gasteiger partial charge is 0.320 e. The van der Waals surface area contributed by atoms with Crippen molar-refractivity contribution in [1.29, 1.82) is 0 Å². The molecule has 0 aliphatic rings. The molecule has 2 aromatic carbocycles. The van der Waals surface area contributed by atoms with Gasteiger partial charge < -0.3 is 5.32 Å². The smallest absolute Gasteiger partial charge is 0.255 e. The molecule has 0 fully saturated rings. The first-order valence-electron chi connectivity index (χ1n) is 5.40. The molecule has 0 aromatic heterocycles. The molecule has 0 heterocycles. The van der Waals surface area contributed by atoms with E-state index in [0.717, 1.165) is 9.13 Å². The summed E-state index contributed by atoms with van der Waals surface area (Å²) in [7, 11) is 0. The third-order valence-corrected chi connectivity index (χ3v) is 3.53. The summed E-state index contributed by atoms with van der Waals surface area (Å²) in [5.74, 6) is -0.148. The Hall–Kier alpha value is -1.07. The first-order chi connectivity index (χ1) is 8.58. The lowest BCUT2D eigenvalue weighted by molar-refractivity contribution is 0.102. The van der Waals surface area contributed by atoms with Crippen LogP contribution in [-0.2, 0) is 0 Å². The predicted octanol–water partition coefficient (Wildman–Crippen LogP) is 4.51. The van der Waals surface area contributed by atoms with Crippen LogP contribution in [0, 0.1) is 10.5 Å². The summed E-state index contributed by atoms with van der Waals surface area (Å²) < 4.78 is 1.02. The molecule has 4 heteroatoms. The summed E-state index contributed by atoms with van der Waals surface area (Å²) in [6.07, 6.45) is 0. The van der Waals surface area contributed by atoms with Gasteiger partial charge in [-0.1, -0.05) is 29.8 Å². The fraction of sp³-hybridized carbons (Fsp3) is 0.0714. The van der Waals surface area contributed by atoms with Crippen molar-refractivity contribution in [3.8, 4) is 0 Å². The normalized spacial score (nSPS) is 10.2. The Morgan fingerprint density at radius 3 is 2.61 bits per heavy atom. The third kappa shape index (κ3) is 3.03. The molecule has 2 rings (SSSR count). The van der Waals surface area contributed by atoms with E-state index in [0.29, 0.717) is 16.3 Å². The molecule has 1 amide bonds. The number of benzene rings is 2. The van der Waals surface area contributed by atoms with E-state index in [2.05, 4.69) is 27.9 Å². The number of halogens is 2. The summed E-state index contributed by atoms with van der Waals surface area (Å²) in [5, 5.41) is 3.40. The van der Waals surface area contributed by atoms with Gasteiger partial charge in [0.1, 0.15) is 0 Å². The molecule has 2 nitrogen and oxygen atoms in total. The number of anilines is 1. The molecule has 0 aliphatic carbocycles. The number of nitrogens with one attached hydrogen (secondary N) is 1. The van der Waals surface area contributed by atoms with Gasteiger partial charge >= 0.3 is 0 Å². The van der Waals surface area contributed by atoms with Crippen LogP contribution in [0.15, 0.2) is 42.5 Å². The van der Waals surface area contributed by atoms with Gasteiger partial charge in [0.2, 0.25) is 0 Å². The van der Waals surface area contributed by atoms with E-state index in [9.17, 15) is 4.79 Å². The molecule has 92 valence electrons. The van der Waals surface area contributed by atoms with Gasteiger partial charge in [0, 0.05) is 9.13 Å². The number of para-hydroxylation sites is 1. The standard InChI is InChI=1S/C14H11ClINO/c1-9-4-2-7-12(15)13(9)17-14(18)10-5-3-6-11(16)8-10/h2-8H,1H3,(H,17,18). The lowest BCUT2D eigenvalue weighted by Crippen LogP contribution is -2.13. The van der Waals surface area contributed by atoms with E-state index < -0.39 is 0 Å². The van der Waals surface area contributed by atoms with Crippen LogP contribution in [-0.4, -0.2) is 5.91 Å². The third-order valence-electron chi connectivity index (χ3n) is 2.55. The lowest BCUT2D eigenvalue weighted by Gasteiger charge is -2.10. The number of carbonyl (C=O) groups is 1. The Morgan fingerprint density at radius 2 is 1.94 bits per heavy atom. The van der Waals surface area contributed by atoms with Crippen molar-refractivity contribution in [3.63, 3.8) is 0 Å². The van der Waals surface area contributed by atoms with Gasteiger partial charge in [0.15, 0.2) is 0 Å². The van der Waals surface area contributed by atoms with E-state index in [1.165, 1.54) is 0 Å². The molecule has 0 spiro atoms. The van der Waals surface area contributed by atoms with E-state index in [1.807, 2.05) is 37.3 Å². The maximum atomic E-state index is 12.1. The summed E-state index contributed by atoms with van der Waals surface area (Å²) in [6, 6.07) is 13.0. The van der Waals surface area contributed by atoms with Crippen LogP contribution in [0.5, 0.6) is 0 Å². The summed E-state index contributed by atoms with van der Waals surface area (Å²) >= 11 is 8.25. The molecular weight excluding hydrogens is 361 g/mol. The highest BCUT2D eigenvalue weighted by molar-refractivity contribution is 14.1. The van der Waals surface area contributed by atoms with Gasteiger partial charge in [-0.15, -0.1) is 0 Å². The highest BCUT2D eigenvalue weighted by atomic mass is 127. The Balaban J connectivity index is 2.27. The maximum Gasteiger partial charge on any atom is 0.255 e. The van der Waals surface area contributed by atoms with Gasteiger partial charge in [-0.2, -0.15) is 0 Å². The topological polar surface area (TPSA) is 29.1 Å². The first-order valence-corrected chi connectivity index (χ1v) is 6.85. The number of rotatable bonds is 2. The zero-order chi connectivity index (χ0) is 13.1. The van der Waals surface area contributed by atoms with Crippen molar-refractivity contribution in [3.05, 3.63) is 62.2 Å². The highest BCUT2D eigenvalue weighted by Gasteiger charge is 2.10. The number of hydrogen-bond donors (Lipinski definition) is 1. The Bertz CT molecular complexity index is 578. The van der Waals surface area contributed by atoms with E-state index in [-0.39, 0.29) is 5.91 Å². The van der Waals surface area contributed by atoms with Crippen LogP contribution < -0.4 is 5.32 Å². The first kappa shape index (κ1) is 13.4. The zero-order valence-electron chi connectivity index (χ0n) is 9.71. The number of amides is 1. The molecular formula is C14H11ClINO. The molecule has 0 unspecified atom stereocenters. The minimum Gasteiger partial charge on any atom is -0.320 e. The predicted molar refractivity (Wildman–Crippen MR) is 83.3 cm³/mol. The van der Waals surface area contributed by atoms with Crippen molar-refractivity contribution < 1.29 is 4.79 Å². The Kier molecular flexibility index (Phi) is 4.24. The minimum absolute atomic E-state index is 0.148. The molecule has 0 saturated heterocycles. The SMILES string of the molecule is Cc1cccc(Cl)c1NC(=O)c1cccc(I)c1. The van der Waals surface area contributed by atoms with Crippen LogP contribution in [0.4, 0.5) is 5.69 Å².